The van der Waals surface area contributed by atoms with Crippen LogP contribution in [-0.2, 0) is 0 Å². The molecule has 0 amide bonds. The Hall–Kier alpha value is -1.42. The molecule has 0 saturated carbocycles. The number of rotatable bonds is 5. The van der Waals surface area contributed by atoms with E-state index in [4.69, 9.17) is 9.15 Å². The van der Waals surface area contributed by atoms with Gasteiger partial charge < -0.3 is 9.15 Å². The molecule has 96 valence electrons. The molecule has 0 saturated heterocycles. The molecule has 18 heavy (non-hydrogen) atoms. The average Bonchev–Trinajstić information content (AvgIpc) is 2.65. The lowest BCUT2D eigenvalue weighted by molar-refractivity contribution is 0.342. The van der Waals surface area contributed by atoms with Crippen molar-refractivity contribution in [1.82, 2.24) is 4.98 Å². The van der Waals surface area contributed by atoms with Gasteiger partial charge in [-0.15, -0.1) is 0 Å². The molecule has 0 N–H and O–H groups in total. The fourth-order valence-electron chi connectivity index (χ4n) is 1.50. The van der Waals surface area contributed by atoms with Crippen molar-refractivity contribution in [3.63, 3.8) is 0 Å². The molecule has 2 aromatic rings. The first-order valence-corrected chi connectivity index (χ1v) is 6.90. The Morgan fingerprint density at radius 3 is 2.78 bits per heavy atom. The normalized spacial score (nSPS) is 10.6. The summed E-state index contributed by atoms with van der Waals surface area (Å²) in [6, 6.07) is 8.06. The summed E-state index contributed by atoms with van der Waals surface area (Å²) in [6.45, 7) is 6.58. The largest absolute Gasteiger partial charge is 0.493 e. The van der Waals surface area contributed by atoms with Crippen LogP contribution in [0.3, 0.4) is 0 Å². The van der Waals surface area contributed by atoms with Crippen LogP contribution in [0.5, 0.6) is 5.75 Å². The number of aryl methyl sites for hydroxylation is 3. The zero-order chi connectivity index (χ0) is 13.0. The number of oxazole rings is 1. The van der Waals surface area contributed by atoms with Crippen molar-refractivity contribution in [1.29, 1.82) is 0 Å². The van der Waals surface area contributed by atoms with Crippen LogP contribution >= 0.6 is 11.8 Å². The third kappa shape index (κ3) is 3.53. The molecular formula is C14H17NO2S. The Bertz CT molecular complexity index is 503. The second kappa shape index (κ2) is 5.96. The molecule has 0 aliphatic rings. The molecule has 1 aromatic carbocycles. The second-order valence-electron chi connectivity index (χ2n) is 4.13. The molecule has 4 heteroatoms. The third-order valence-electron chi connectivity index (χ3n) is 2.58. The Balaban J connectivity index is 1.76. The zero-order valence-electron chi connectivity index (χ0n) is 10.9. The number of hydrogen-bond donors (Lipinski definition) is 0. The molecule has 3 nitrogen and oxygen atoms in total. The highest BCUT2D eigenvalue weighted by Gasteiger charge is 2.05. The molecule has 0 radical (unpaired) electrons. The van der Waals surface area contributed by atoms with E-state index < -0.39 is 0 Å². The fourth-order valence-corrected chi connectivity index (χ4v) is 2.23. The highest BCUT2D eigenvalue weighted by Crippen LogP contribution is 2.20. The predicted octanol–water partition coefficient (Wildman–Crippen LogP) is 3.77. The lowest BCUT2D eigenvalue weighted by Crippen LogP contribution is -2.00. The SMILES string of the molecule is Cc1cccc(OCCSc2nc(C)c(C)o2)c1. The zero-order valence-corrected chi connectivity index (χ0v) is 11.7. The van der Waals surface area contributed by atoms with Gasteiger partial charge in [0.05, 0.1) is 12.3 Å². The van der Waals surface area contributed by atoms with Crippen LogP contribution < -0.4 is 4.74 Å². The Kier molecular flexibility index (Phi) is 4.31. The summed E-state index contributed by atoms with van der Waals surface area (Å²) >= 11 is 1.58. The number of aromatic nitrogens is 1. The second-order valence-corrected chi connectivity index (χ2v) is 5.18. The van der Waals surface area contributed by atoms with Crippen molar-refractivity contribution in [2.45, 2.75) is 26.0 Å². The number of nitrogens with zero attached hydrogens (tertiary/aromatic N) is 1. The minimum atomic E-state index is 0.647. The minimum absolute atomic E-state index is 0.647. The van der Waals surface area contributed by atoms with Crippen LogP contribution in [0, 0.1) is 20.8 Å². The van der Waals surface area contributed by atoms with Crippen LogP contribution in [0.25, 0.3) is 0 Å². The summed E-state index contributed by atoms with van der Waals surface area (Å²) in [6.07, 6.45) is 0. The molecule has 0 bridgehead atoms. The standard InChI is InChI=1S/C14H17NO2S/c1-10-5-4-6-13(9-10)16-7-8-18-14-15-11(2)12(3)17-14/h4-6,9H,7-8H2,1-3H3. The van der Waals surface area contributed by atoms with E-state index in [0.717, 1.165) is 28.2 Å². The maximum Gasteiger partial charge on any atom is 0.256 e. The first-order chi connectivity index (χ1) is 8.65. The quantitative estimate of drug-likeness (QED) is 0.607. The molecule has 0 aliphatic carbocycles. The minimum Gasteiger partial charge on any atom is -0.493 e. The molecule has 0 unspecified atom stereocenters. The molecule has 0 spiro atoms. The molecular weight excluding hydrogens is 246 g/mol. The van der Waals surface area contributed by atoms with Crippen molar-refractivity contribution in [2.24, 2.45) is 0 Å². The summed E-state index contributed by atoms with van der Waals surface area (Å²) < 4.78 is 11.1. The Morgan fingerprint density at radius 2 is 2.11 bits per heavy atom. The summed E-state index contributed by atoms with van der Waals surface area (Å²) in [5.41, 5.74) is 2.16. The third-order valence-corrected chi connectivity index (χ3v) is 3.37. The molecule has 1 heterocycles. The average molecular weight is 263 g/mol. The van der Waals surface area contributed by atoms with E-state index in [-0.39, 0.29) is 0 Å². The van der Waals surface area contributed by atoms with Crippen LogP contribution in [0.15, 0.2) is 33.9 Å². The van der Waals surface area contributed by atoms with E-state index in [2.05, 4.69) is 18.0 Å². The molecule has 2 rings (SSSR count). The highest BCUT2D eigenvalue weighted by atomic mass is 32.2. The highest BCUT2D eigenvalue weighted by molar-refractivity contribution is 7.99. The van der Waals surface area contributed by atoms with Gasteiger partial charge in [0.25, 0.3) is 5.22 Å². The van der Waals surface area contributed by atoms with Gasteiger partial charge in [0.1, 0.15) is 11.5 Å². The van der Waals surface area contributed by atoms with Gasteiger partial charge in [-0.25, -0.2) is 4.98 Å². The summed E-state index contributed by atoms with van der Waals surface area (Å²) in [5, 5.41) is 0.720. The van der Waals surface area contributed by atoms with E-state index in [1.165, 1.54) is 5.56 Å². The summed E-state index contributed by atoms with van der Waals surface area (Å²) in [5.74, 6) is 2.63. The Labute approximate surface area is 112 Å². The molecule has 0 aliphatic heterocycles. The van der Waals surface area contributed by atoms with Crippen molar-refractivity contribution in [2.75, 3.05) is 12.4 Å². The van der Waals surface area contributed by atoms with Crippen LogP contribution in [0.4, 0.5) is 0 Å². The van der Waals surface area contributed by atoms with Crippen molar-refractivity contribution in [3.8, 4) is 5.75 Å². The van der Waals surface area contributed by atoms with E-state index in [0.29, 0.717) is 6.61 Å². The number of hydrogen-bond acceptors (Lipinski definition) is 4. The molecule has 0 fully saturated rings. The fraction of sp³-hybridized carbons (Fsp3) is 0.357. The van der Waals surface area contributed by atoms with Gasteiger partial charge in [0.15, 0.2) is 0 Å². The van der Waals surface area contributed by atoms with E-state index in [1.54, 1.807) is 11.8 Å². The number of benzene rings is 1. The Morgan fingerprint density at radius 1 is 1.28 bits per heavy atom. The molecule has 0 atom stereocenters. The van der Waals surface area contributed by atoms with Gasteiger partial charge >= 0.3 is 0 Å². The van der Waals surface area contributed by atoms with Crippen LogP contribution in [0.2, 0.25) is 0 Å². The lowest BCUT2D eigenvalue weighted by atomic mass is 10.2. The van der Waals surface area contributed by atoms with Gasteiger partial charge in [0, 0.05) is 5.75 Å². The van der Waals surface area contributed by atoms with Crippen LogP contribution in [-0.4, -0.2) is 17.3 Å². The van der Waals surface area contributed by atoms with Crippen molar-refractivity contribution < 1.29 is 9.15 Å². The first-order valence-electron chi connectivity index (χ1n) is 5.91. The summed E-state index contributed by atoms with van der Waals surface area (Å²) in [7, 11) is 0. The van der Waals surface area contributed by atoms with Gasteiger partial charge in [-0.2, -0.15) is 0 Å². The van der Waals surface area contributed by atoms with E-state index in [9.17, 15) is 0 Å². The maximum atomic E-state index is 5.66. The monoisotopic (exact) mass is 263 g/mol. The van der Waals surface area contributed by atoms with Gasteiger partial charge in [0.2, 0.25) is 0 Å². The van der Waals surface area contributed by atoms with E-state index in [1.807, 2.05) is 32.0 Å². The molecule has 1 aromatic heterocycles. The first kappa shape index (κ1) is 13.0. The topological polar surface area (TPSA) is 35.3 Å². The summed E-state index contributed by atoms with van der Waals surface area (Å²) in [4.78, 5) is 4.31. The maximum absolute atomic E-state index is 5.66. The lowest BCUT2D eigenvalue weighted by Gasteiger charge is -2.05. The predicted molar refractivity (Wildman–Crippen MR) is 73.4 cm³/mol. The van der Waals surface area contributed by atoms with Gasteiger partial charge in [-0.3, -0.25) is 0 Å². The van der Waals surface area contributed by atoms with E-state index >= 15 is 0 Å². The number of thioether (sulfide) groups is 1. The number of ether oxygens (including phenoxy) is 1. The van der Waals surface area contributed by atoms with Gasteiger partial charge in [-0.1, -0.05) is 23.9 Å². The van der Waals surface area contributed by atoms with Crippen molar-refractivity contribution in [3.05, 3.63) is 41.3 Å². The van der Waals surface area contributed by atoms with Crippen LogP contribution in [0.1, 0.15) is 17.0 Å². The van der Waals surface area contributed by atoms with Crippen molar-refractivity contribution >= 4 is 11.8 Å². The smallest absolute Gasteiger partial charge is 0.256 e. The van der Waals surface area contributed by atoms with Gasteiger partial charge in [-0.05, 0) is 38.5 Å².